The largest absolute Gasteiger partial charge is 0.384 e. The molecular weight excluding hydrogens is 198 g/mol. The molecule has 0 saturated carbocycles. The molecule has 1 aromatic rings. The topological polar surface area (TPSA) is 46.2 Å². The third kappa shape index (κ3) is 1.50. The SMILES string of the molecule is CC1CNc2cc(S(C)(=O)=O)ccc21. The van der Waals surface area contributed by atoms with Gasteiger partial charge in [-0.15, -0.1) is 0 Å². The average Bonchev–Trinajstić information content (AvgIpc) is 2.46. The van der Waals surface area contributed by atoms with E-state index in [1.807, 2.05) is 6.07 Å². The summed E-state index contributed by atoms with van der Waals surface area (Å²) >= 11 is 0. The third-order valence-corrected chi connectivity index (χ3v) is 3.69. The quantitative estimate of drug-likeness (QED) is 0.767. The molecule has 1 N–H and O–H groups in total. The van der Waals surface area contributed by atoms with Crippen molar-refractivity contribution in [3.05, 3.63) is 23.8 Å². The fourth-order valence-electron chi connectivity index (χ4n) is 1.72. The zero-order valence-corrected chi connectivity index (χ0v) is 9.06. The van der Waals surface area contributed by atoms with Gasteiger partial charge in [0.1, 0.15) is 0 Å². The van der Waals surface area contributed by atoms with Gasteiger partial charge in [-0.25, -0.2) is 8.42 Å². The Labute approximate surface area is 84.1 Å². The predicted molar refractivity (Wildman–Crippen MR) is 56.5 cm³/mol. The van der Waals surface area contributed by atoms with Gasteiger partial charge in [0, 0.05) is 24.4 Å². The fourth-order valence-corrected chi connectivity index (χ4v) is 2.37. The van der Waals surface area contributed by atoms with Crippen LogP contribution in [0.1, 0.15) is 18.4 Å². The summed E-state index contributed by atoms with van der Waals surface area (Å²) in [6.07, 6.45) is 1.23. The number of nitrogens with one attached hydrogen (secondary N) is 1. The number of anilines is 1. The molecule has 76 valence electrons. The highest BCUT2D eigenvalue weighted by molar-refractivity contribution is 7.90. The Morgan fingerprint density at radius 3 is 2.79 bits per heavy atom. The van der Waals surface area contributed by atoms with Crippen LogP contribution < -0.4 is 5.32 Å². The molecule has 1 aliphatic heterocycles. The highest BCUT2D eigenvalue weighted by Crippen LogP contribution is 2.32. The van der Waals surface area contributed by atoms with Gasteiger partial charge in [0.2, 0.25) is 0 Å². The zero-order valence-electron chi connectivity index (χ0n) is 8.24. The van der Waals surface area contributed by atoms with E-state index in [1.165, 1.54) is 11.8 Å². The second kappa shape index (κ2) is 2.98. The van der Waals surface area contributed by atoms with Crippen LogP contribution in [0.3, 0.4) is 0 Å². The Kier molecular flexibility index (Phi) is 2.03. The van der Waals surface area contributed by atoms with Crippen LogP contribution in [0.2, 0.25) is 0 Å². The average molecular weight is 211 g/mol. The van der Waals surface area contributed by atoms with Gasteiger partial charge in [0.05, 0.1) is 4.90 Å². The van der Waals surface area contributed by atoms with Crippen LogP contribution in [-0.2, 0) is 9.84 Å². The van der Waals surface area contributed by atoms with Crippen molar-refractivity contribution in [1.29, 1.82) is 0 Å². The standard InChI is InChI=1S/C10H13NO2S/c1-7-6-11-10-5-8(14(2,12)13)3-4-9(7)10/h3-5,7,11H,6H2,1-2H3. The number of hydrogen-bond acceptors (Lipinski definition) is 3. The molecule has 0 amide bonds. The molecule has 0 radical (unpaired) electrons. The fraction of sp³-hybridized carbons (Fsp3) is 0.400. The molecular formula is C10H13NO2S. The van der Waals surface area contributed by atoms with Gasteiger partial charge in [0.15, 0.2) is 9.84 Å². The van der Waals surface area contributed by atoms with Crippen LogP contribution >= 0.6 is 0 Å². The highest BCUT2D eigenvalue weighted by atomic mass is 32.2. The van der Waals surface area contributed by atoms with E-state index >= 15 is 0 Å². The molecule has 1 aliphatic rings. The van der Waals surface area contributed by atoms with E-state index in [9.17, 15) is 8.42 Å². The van der Waals surface area contributed by atoms with Gasteiger partial charge in [-0.1, -0.05) is 13.0 Å². The minimum atomic E-state index is -3.08. The van der Waals surface area contributed by atoms with Gasteiger partial charge in [0.25, 0.3) is 0 Å². The Hall–Kier alpha value is -1.03. The summed E-state index contributed by atoms with van der Waals surface area (Å²) in [6.45, 7) is 3.02. The summed E-state index contributed by atoms with van der Waals surface area (Å²) in [6, 6.07) is 5.29. The molecule has 4 heteroatoms. The molecule has 3 nitrogen and oxygen atoms in total. The number of rotatable bonds is 1. The first-order chi connectivity index (χ1) is 6.48. The first-order valence-corrected chi connectivity index (χ1v) is 6.45. The minimum Gasteiger partial charge on any atom is -0.384 e. The lowest BCUT2D eigenvalue weighted by Gasteiger charge is -2.04. The zero-order chi connectivity index (χ0) is 10.3. The van der Waals surface area contributed by atoms with Crippen molar-refractivity contribution in [2.24, 2.45) is 0 Å². The maximum atomic E-state index is 11.3. The molecule has 1 heterocycles. The Morgan fingerprint density at radius 2 is 2.14 bits per heavy atom. The monoisotopic (exact) mass is 211 g/mol. The maximum Gasteiger partial charge on any atom is 0.175 e. The summed E-state index contributed by atoms with van der Waals surface area (Å²) in [5, 5.41) is 3.20. The van der Waals surface area contributed by atoms with E-state index in [4.69, 9.17) is 0 Å². The molecule has 0 bridgehead atoms. The van der Waals surface area contributed by atoms with E-state index in [2.05, 4.69) is 12.2 Å². The van der Waals surface area contributed by atoms with Crippen molar-refractivity contribution in [3.63, 3.8) is 0 Å². The second-order valence-corrected chi connectivity index (χ2v) is 5.82. The van der Waals surface area contributed by atoms with Crippen LogP contribution in [0, 0.1) is 0 Å². The molecule has 0 aliphatic carbocycles. The van der Waals surface area contributed by atoms with Gasteiger partial charge in [-0.05, 0) is 17.7 Å². The molecule has 0 fully saturated rings. The van der Waals surface area contributed by atoms with Crippen LogP contribution in [-0.4, -0.2) is 21.2 Å². The smallest absolute Gasteiger partial charge is 0.175 e. The van der Waals surface area contributed by atoms with Crippen LogP contribution in [0.15, 0.2) is 23.1 Å². The summed E-state index contributed by atoms with van der Waals surface area (Å²) in [5.41, 5.74) is 2.16. The summed E-state index contributed by atoms with van der Waals surface area (Å²) in [4.78, 5) is 0.387. The van der Waals surface area contributed by atoms with Crippen molar-refractivity contribution in [1.82, 2.24) is 0 Å². The second-order valence-electron chi connectivity index (χ2n) is 3.80. The summed E-state index contributed by atoms with van der Waals surface area (Å²) in [5.74, 6) is 0.471. The molecule has 0 spiro atoms. The summed E-state index contributed by atoms with van der Waals surface area (Å²) in [7, 11) is -3.08. The van der Waals surface area contributed by atoms with Gasteiger partial charge in [-0.2, -0.15) is 0 Å². The Morgan fingerprint density at radius 1 is 1.43 bits per heavy atom. The van der Waals surface area contributed by atoms with Crippen molar-refractivity contribution in [3.8, 4) is 0 Å². The van der Waals surface area contributed by atoms with Crippen LogP contribution in [0.25, 0.3) is 0 Å². The number of benzene rings is 1. The number of sulfone groups is 1. The van der Waals surface area contributed by atoms with Crippen LogP contribution in [0.5, 0.6) is 0 Å². The first kappa shape index (κ1) is 9.52. The van der Waals surface area contributed by atoms with Crippen molar-refractivity contribution >= 4 is 15.5 Å². The molecule has 2 rings (SSSR count). The van der Waals surface area contributed by atoms with Gasteiger partial charge < -0.3 is 5.32 Å². The molecule has 1 unspecified atom stereocenters. The van der Waals surface area contributed by atoms with Crippen LogP contribution in [0.4, 0.5) is 5.69 Å². The van der Waals surface area contributed by atoms with Crippen molar-refractivity contribution in [2.45, 2.75) is 17.7 Å². The van der Waals surface area contributed by atoms with E-state index in [0.717, 1.165) is 12.2 Å². The van der Waals surface area contributed by atoms with E-state index in [0.29, 0.717) is 10.8 Å². The summed E-state index contributed by atoms with van der Waals surface area (Å²) < 4.78 is 22.6. The normalized spacial score (nSPS) is 20.3. The Bertz CT molecular complexity index is 465. The minimum absolute atomic E-state index is 0.387. The predicted octanol–water partition coefficient (Wildman–Crippen LogP) is 1.62. The lowest BCUT2D eigenvalue weighted by Crippen LogP contribution is -1.98. The molecule has 0 aromatic heterocycles. The third-order valence-electron chi connectivity index (χ3n) is 2.58. The highest BCUT2D eigenvalue weighted by Gasteiger charge is 2.19. The number of hydrogen-bond donors (Lipinski definition) is 1. The lowest BCUT2D eigenvalue weighted by molar-refractivity contribution is 0.602. The molecule has 1 aromatic carbocycles. The first-order valence-electron chi connectivity index (χ1n) is 4.56. The van der Waals surface area contributed by atoms with Crippen molar-refractivity contribution in [2.75, 3.05) is 18.1 Å². The maximum absolute atomic E-state index is 11.3. The van der Waals surface area contributed by atoms with E-state index < -0.39 is 9.84 Å². The lowest BCUT2D eigenvalue weighted by atomic mass is 10.0. The van der Waals surface area contributed by atoms with E-state index in [1.54, 1.807) is 12.1 Å². The molecule has 14 heavy (non-hydrogen) atoms. The molecule has 0 saturated heterocycles. The van der Waals surface area contributed by atoms with Crippen molar-refractivity contribution < 1.29 is 8.42 Å². The van der Waals surface area contributed by atoms with Gasteiger partial charge in [-0.3, -0.25) is 0 Å². The van der Waals surface area contributed by atoms with Gasteiger partial charge >= 0.3 is 0 Å². The number of fused-ring (bicyclic) bond motifs is 1. The molecule has 1 atom stereocenters. The van der Waals surface area contributed by atoms with E-state index in [-0.39, 0.29) is 0 Å². The Balaban J connectivity index is 2.53.